The molecule has 0 radical (unpaired) electrons. The van der Waals surface area contributed by atoms with Gasteiger partial charge >= 0.3 is 6.03 Å². The van der Waals surface area contributed by atoms with Crippen LogP contribution in [0, 0.1) is 15.5 Å². The first-order valence-corrected chi connectivity index (χ1v) is 8.62. The summed E-state index contributed by atoms with van der Waals surface area (Å²) in [6.07, 6.45) is 0.0152. The molecule has 0 aromatic heterocycles. The lowest BCUT2D eigenvalue weighted by atomic mass is 9.67. The molecule has 2 fully saturated rings. The van der Waals surface area contributed by atoms with Crippen molar-refractivity contribution in [2.75, 3.05) is 38.6 Å². The summed E-state index contributed by atoms with van der Waals surface area (Å²) in [6.45, 7) is 1.77. The van der Waals surface area contributed by atoms with Crippen LogP contribution in [0.4, 0.5) is 16.2 Å². The van der Waals surface area contributed by atoms with Gasteiger partial charge in [-0.05, 0) is 18.7 Å². The maximum Gasteiger partial charge on any atom is 0.330 e. The van der Waals surface area contributed by atoms with Crippen molar-refractivity contribution in [2.45, 2.75) is 12.5 Å². The minimum atomic E-state index is -1.50. The number of rotatable bonds is 1. The SMILES string of the molecule is CN1CCN2c3ccc([N+](=O)[O-])cc3C[C@]3(C(=O)NC(=O)N(C)C3=O)[C@H]2C1. The largest absolute Gasteiger partial charge is 0.364 e. The van der Waals surface area contributed by atoms with E-state index in [0.29, 0.717) is 18.7 Å². The maximum atomic E-state index is 13.2. The van der Waals surface area contributed by atoms with Crippen LogP contribution in [0.5, 0.6) is 0 Å². The smallest absolute Gasteiger partial charge is 0.330 e. The van der Waals surface area contributed by atoms with Gasteiger partial charge < -0.3 is 9.80 Å². The molecule has 1 aromatic carbocycles. The lowest BCUT2D eigenvalue weighted by Crippen LogP contribution is -2.74. The van der Waals surface area contributed by atoms with Crippen molar-refractivity contribution in [2.24, 2.45) is 5.41 Å². The van der Waals surface area contributed by atoms with Crippen LogP contribution in [0.3, 0.4) is 0 Å². The normalized spacial score (nSPS) is 28.1. The molecule has 0 aliphatic carbocycles. The van der Waals surface area contributed by atoms with Crippen molar-refractivity contribution in [1.29, 1.82) is 0 Å². The summed E-state index contributed by atoms with van der Waals surface area (Å²) in [6, 6.07) is 3.32. The second-order valence-corrected chi connectivity index (χ2v) is 7.31. The number of nitro benzene ring substituents is 1. The maximum absolute atomic E-state index is 13.2. The first-order chi connectivity index (χ1) is 12.8. The van der Waals surface area contributed by atoms with Crippen molar-refractivity contribution < 1.29 is 19.3 Å². The van der Waals surface area contributed by atoms with E-state index in [1.165, 1.54) is 19.2 Å². The Hall–Kier alpha value is -3.01. The zero-order valence-electron chi connectivity index (χ0n) is 15.0. The molecule has 1 N–H and O–H groups in total. The highest BCUT2D eigenvalue weighted by atomic mass is 16.6. The van der Waals surface area contributed by atoms with Crippen LogP contribution in [0.1, 0.15) is 5.56 Å². The number of urea groups is 1. The van der Waals surface area contributed by atoms with Gasteiger partial charge in [0.25, 0.3) is 5.69 Å². The minimum Gasteiger partial charge on any atom is -0.364 e. The van der Waals surface area contributed by atoms with E-state index in [1.54, 1.807) is 6.07 Å². The summed E-state index contributed by atoms with van der Waals surface area (Å²) >= 11 is 0. The van der Waals surface area contributed by atoms with Crippen LogP contribution in [-0.4, -0.2) is 72.3 Å². The molecule has 4 rings (SSSR count). The zero-order valence-corrected chi connectivity index (χ0v) is 15.0. The Morgan fingerprint density at radius 1 is 1.22 bits per heavy atom. The van der Waals surface area contributed by atoms with Gasteiger partial charge in [-0.15, -0.1) is 0 Å². The lowest BCUT2D eigenvalue weighted by molar-refractivity contribution is -0.384. The Balaban J connectivity index is 1.90. The number of benzene rings is 1. The van der Waals surface area contributed by atoms with Crippen molar-refractivity contribution >= 4 is 29.2 Å². The monoisotopic (exact) mass is 373 g/mol. The molecule has 0 bridgehead atoms. The molecule has 10 heteroatoms. The second-order valence-electron chi connectivity index (χ2n) is 7.31. The first kappa shape index (κ1) is 17.4. The van der Waals surface area contributed by atoms with Gasteiger partial charge in [-0.1, -0.05) is 0 Å². The molecular weight excluding hydrogens is 354 g/mol. The Morgan fingerprint density at radius 2 is 1.96 bits per heavy atom. The molecule has 142 valence electrons. The van der Waals surface area contributed by atoms with E-state index in [-0.39, 0.29) is 12.1 Å². The highest BCUT2D eigenvalue weighted by molar-refractivity contribution is 6.20. The number of fused-ring (bicyclic) bond motifs is 4. The number of carbonyl (C=O) groups is 3. The Bertz CT molecular complexity index is 886. The summed E-state index contributed by atoms with van der Waals surface area (Å²) in [5.74, 6) is -1.21. The molecular formula is C17H19N5O5. The molecule has 3 aliphatic heterocycles. The van der Waals surface area contributed by atoms with Gasteiger partial charge in [0.2, 0.25) is 11.8 Å². The molecule has 2 atom stereocenters. The molecule has 3 heterocycles. The quantitative estimate of drug-likeness (QED) is 0.417. The number of nitrogens with one attached hydrogen (secondary N) is 1. The summed E-state index contributed by atoms with van der Waals surface area (Å²) in [7, 11) is 3.25. The molecule has 3 aliphatic rings. The highest BCUT2D eigenvalue weighted by Crippen LogP contribution is 2.46. The molecule has 4 amide bonds. The van der Waals surface area contributed by atoms with E-state index in [2.05, 4.69) is 5.32 Å². The van der Waals surface area contributed by atoms with Crippen LogP contribution in [0.15, 0.2) is 18.2 Å². The van der Waals surface area contributed by atoms with Crippen LogP contribution in [-0.2, 0) is 16.0 Å². The Labute approximate surface area is 154 Å². The number of anilines is 1. The summed E-state index contributed by atoms with van der Waals surface area (Å²) in [5.41, 5.74) is -0.232. The Morgan fingerprint density at radius 3 is 2.67 bits per heavy atom. The second kappa shape index (κ2) is 5.74. The van der Waals surface area contributed by atoms with Gasteiger partial charge in [0.1, 0.15) is 0 Å². The molecule has 1 aromatic rings. The average molecular weight is 373 g/mol. The average Bonchev–Trinajstić information content (AvgIpc) is 2.64. The van der Waals surface area contributed by atoms with Crippen molar-refractivity contribution in [3.8, 4) is 0 Å². The van der Waals surface area contributed by atoms with Crippen LogP contribution in [0.25, 0.3) is 0 Å². The van der Waals surface area contributed by atoms with E-state index in [9.17, 15) is 24.5 Å². The third-order valence-corrected chi connectivity index (χ3v) is 5.82. The van der Waals surface area contributed by atoms with E-state index in [4.69, 9.17) is 0 Å². The molecule has 1 spiro atoms. The van der Waals surface area contributed by atoms with Gasteiger partial charge in [-0.2, -0.15) is 0 Å². The summed E-state index contributed by atoms with van der Waals surface area (Å²) in [4.78, 5) is 53.7. The van der Waals surface area contributed by atoms with Crippen molar-refractivity contribution in [3.63, 3.8) is 0 Å². The zero-order chi connectivity index (χ0) is 19.5. The number of barbiturate groups is 1. The van der Waals surface area contributed by atoms with E-state index in [1.807, 2.05) is 16.8 Å². The van der Waals surface area contributed by atoms with Gasteiger partial charge in [-0.3, -0.25) is 29.9 Å². The van der Waals surface area contributed by atoms with Gasteiger partial charge in [0.05, 0.1) is 11.0 Å². The number of hydrogen-bond acceptors (Lipinski definition) is 7. The number of amides is 4. The number of carbonyl (C=O) groups excluding carboxylic acids is 3. The van der Waals surface area contributed by atoms with Gasteiger partial charge in [-0.25, -0.2) is 4.79 Å². The molecule has 2 saturated heterocycles. The number of imide groups is 2. The van der Waals surface area contributed by atoms with Gasteiger partial charge in [0, 0.05) is 50.9 Å². The third-order valence-electron chi connectivity index (χ3n) is 5.82. The third kappa shape index (κ3) is 2.33. The van der Waals surface area contributed by atoms with Gasteiger partial charge in [0.15, 0.2) is 5.41 Å². The fourth-order valence-corrected chi connectivity index (χ4v) is 4.39. The first-order valence-electron chi connectivity index (χ1n) is 8.62. The molecule has 27 heavy (non-hydrogen) atoms. The van der Waals surface area contributed by atoms with Crippen molar-refractivity contribution in [3.05, 3.63) is 33.9 Å². The number of nitrogens with zero attached hydrogens (tertiary/aromatic N) is 4. The van der Waals surface area contributed by atoms with Crippen molar-refractivity contribution in [1.82, 2.24) is 15.1 Å². The summed E-state index contributed by atoms with van der Waals surface area (Å²) in [5, 5.41) is 13.5. The van der Waals surface area contributed by atoms with Crippen LogP contribution < -0.4 is 10.2 Å². The highest BCUT2D eigenvalue weighted by Gasteiger charge is 2.62. The standard InChI is InChI=1S/C17H19N5O5/c1-19-5-6-21-12-4-3-11(22(26)27)7-10(12)8-17(13(21)9-19)14(23)18-16(25)20(2)15(17)24/h3-4,7,13H,5-6,8-9H2,1-2H3,(H,18,23,25)/t13-,17-/m1/s1. The fraction of sp³-hybridized carbons (Fsp3) is 0.471. The minimum absolute atomic E-state index is 0.0152. The predicted molar refractivity (Wildman–Crippen MR) is 94.2 cm³/mol. The number of hydrogen-bond donors (Lipinski definition) is 1. The van der Waals surface area contributed by atoms with Crippen LogP contribution in [0.2, 0.25) is 0 Å². The number of piperazine rings is 1. The number of likely N-dealkylation sites (N-methyl/N-ethyl adjacent to an activating group) is 1. The topological polar surface area (TPSA) is 116 Å². The van der Waals surface area contributed by atoms with E-state index < -0.39 is 34.2 Å². The number of non-ortho nitro benzene ring substituents is 1. The Kier molecular flexibility index (Phi) is 3.70. The molecule has 0 unspecified atom stereocenters. The molecule has 10 nitrogen and oxygen atoms in total. The van der Waals surface area contributed by atoms with E-state index >= 15 is 0 Å². The van der Waals surface area contributed by atoms with Crippen LogP contribution >= 0.6 is 0 Å². The lowest BCUT2D eigenvalue weighted by Gasteiger charge is -2.54. The number of nitro groups is 1. The van der Waals surface area contributed by atoms with E-state index in [0.717, 1.165) is 17.1 Å². The predicted octanol–water partition coefficient (Wildman–Crippen LogP) is -0.0341. The molecule has 0 saturated carbocycles. The summed E-state index contributed by atoms with van der Waals surface area (Å²) < 4.78 is 0. The fourth-order valence-electron chi connectivity index (χ4n) is 4.39.